The van der Waals surface area contributed by atoms with Crippen LogP contribution in [0.5, 0.6) is 0 Å². The third-order valence-electron chi connectivity index (χ3n) is 2.04. The lowest BCUT2D eigenvalue weighted by Gasteiger charge is -2.05. The number of carbonyl (C=O) groups excluding carboxylic acids is 1. The molecule has 0 radical (unpaired) electrons. The van der Waals surface area contributed by atoms with Gasteiger partial charge < -0.3 is 10.1 Å². The summed E-state index contributed by atoms with van der Waals surface area (Å²) in [5.74, 6) is -0.812. The highest BCUT2D eigenvalue weighted by atomic mass is 19.1. The SMILES string of the molecule is COC(=O)c1cncc(Nc2ncc(F)cn2)c1. The highest BCUT2D eigenvalue weighted by Crippen LogP contribution is 2.13. The van der Waals surface area contributed by atoms with Crippen LogP contribution in [-0.2, 0) is 4.74 Å². The van der Waals surface area contributed by atoms with Crippen LogP contribution in [0.4, 0.5) is 16.0 Å². The van der Waals surface area contributed by atoms with Gasteiger partial charge in [-0.15, -0.1) is 0 Å². The number of methoxy groups -OCH3 is 1. The number of nitrogens with one attached hydrogen (secondary N) is 1. The van der Waals surface area contributed by atoms with E-state index in [1.54, 1.807) is 0 Å². The largest absolute Gasteiger partial charge is 0.465 e. The molecule has 2 heterocycles. The number of nitrogens with zero attached hydrogens (tertiary/aromatic N) is 3. The van der Waals surface area contributed by atoms with Crippen molar-refractivity contribution >= 4 is 17.6 Å². The molecule has 0 fully saturated rings. The molecule has 0 aliphatic heterocycles. The van der Waals surface area contributed by atoms with Gasteiger partial charge in [0, 0.05) is 6.20 Å². The van der Waals surface area contributed by atoms with Crippen LogP contribution in [0.3, 0.4) is 0 Å². The zero-order valence-corrected chi connectivity index (χ0v) is 9.42. The molecule has 0 saturated carbocycles. The molecule has 2 rings (SSSR count). The Morgan fingerprint density at radius 1 is 1.28 bits per heavy atom. The lowest BCUT2D eigenvalue weighted by atomic mass is 10.2. The summed E-state index contributed by atoms with van der Waals surface area (Å²) < 4.78 is 17.2. The van der Waals surface area contributed by atoms with E-state index in [9.17, 15) is 9.18 Å². The molecule has 0 spiro atoms. The topological polar surface area (TPSA) is 77.0 Å². The highest BCUT2D eigenvalue weighted by Gasteiger charge is 2.07. The van der Waals surface area contributed by atoms with Gasteiger partial charge in [0.2, 0.25) is 5.95 Å². The lowest BCUT2D eigenvalue weighted by Crippen LogP contribution is -2.03. The van der Waals surface area contributed by atoms with Crippen LogP contribution in [0, 0.1) is 5.82 Å². The summed E-state index contributed by atoms with van der Waals surface area (Å²) in [4.78, 5) is 22.6. The number of rotatable bonds is 3. The van der Waals surface area contributed by atoms with Gasteiger partial charge in [-0.3, -0.25) is 4.98 Å². The van der Waals surface area contributed by atoms with E-state index in [0.29, 0.717) is 11.3 Å². The number of esters is 1. The number of ether oxygens (including phenoxy) is 1. The van der Waals surface area contributed by atoms with Crippen LogP contribution in [0.2, 0.25) is 0 Å². The van der Waals surface area contributed by atoms with Gasteiger partial charge in [-0.2, -0.15) is 0 Å². The Hall–Kier alpha value is -2.57. The number of hydrogen-bond acceptors (Lipinski definition) is 6. The molecule has 6 nitrogen and oxygen atoms in total. The Morgan fingerprint density at radius 2 is 2.00 bits per heavy atom. The van der Waals surface area contributed by atoms with E-state index in [1.807, 2.05) is 0 Å². The van der Waals surface area contributed by atoms with Gasteiger partial charge in [0.05, 0.1) is 37.0 Å². The predicted octanol–water partition coefficient (Wildman–Crippen LogP) is 1.54. The van der Waals surface area contributed by atoms with E-state index < -0.39 is 11.8 Å². The van der Waals surface area contributed by atoms with Crippen molar-refractivity contribution < 1.29 is 13.9 Å². The lowest BCUT2D eigenvalue weighted by molar-refractivity contribution is 0.0600. The molecule has 0 atom stereocenters. The fraction of sp³-hybridized carbons (Fsp3) is 0.0909. The number of anilines is 2. The molecule has 92 valence electrons. The Bertz CT molecular complexity index is 559. The van der Waals surface area contributed by atoms with Gasteiger partial charge in [-0.25, -0.2) is 19.2 Å². The van der Waals surface area contributed by atoms with Crippen molar-refractivity contribution in [2.45, 2.75) is 0 Å². The van der Waals surface area contributed by atoms with Crippen molar-refractivity contribution in [3.8, 4) is 0 Å². The summed E-state index contributed by atoms with van der Waals surface area (Å²) in [7, 11) is 1.28. The van der Waals surface area contributed by atoms with Gasteiger partial charge in [-0.1, -0.05) is 0 Å². The molecule has 1 N–H and O–H groups in total. The van der Waals surface area contributed by atoms with E-state index in [0.717, 1.165) is 12.4 Å². The molecule has 0 aliphatic rings. The minimum Gasteiger partial charge on any atom is -0.465 e. The third kappa shape index (κ3) is 2.76. The maximum atomic E-state index is 12.6. The molecule has 0 aromatic carbocycles. The molecule has 0 unspecified atom stereocenters. The second-order valence-corrected chi connectivity index (χ2v) is 3.30. The van der Waals surface area contributed by atoms with Crippen LogP contribution in [-0.4, -0.2) is 28.0 Å². The van der Waals surface area contributed by atoms with Crippen LogP contribution < -0.4 is 5.32 Å². The van der Waals surface area contributed by atoms with Gasteiger partial charge >= 0.3 is 5.97 Å². The Balaban J connectivity index is 2.19. The summed E-state index contributed by atoms with van der Waals surface area (Å²) in [6, 6.07) is 1.53. The quantitative estimate of drug-likeness (QED) is 0.830. The number of carbonyl (C=O) groups is 1. The standard InChI is InChI=1S/C11H9FN4O2/c1-18-10(17)7-2-9(6-13-3-7)16-11-14-4-8(12)5-15-11/h2-6H,1H3,(H,14,15,16). The molecule has 2 aromatic rings. The third-order valence-corrected chi connectivity index (χ3v) is 2.04. The zero-order valence-electron chi connectivity index (χ0n) is 9.42. The first-order valence-corrected chi connectivity index (χ1v) is 4.97. The zero-order chi connectivity index (χ0) is 13.0. The Morgan fingerprint density at radius 3 is 2.67 bits per heavy atom. The number of hydrogen-bond donors (Lipinski definition) is 1. The number of aromatic nitrogens is 3. The average Bonchev–Trinajstić information content (AvgIpc) is 2.41. The van der Waals surface area contributed by atoms with Gasteiger partial charge in [0.25, 0.3) is 0 Å². The summed E-state index contributed by atoms with van der Waals surface area (Å²) in [5.41, 5.74) is 0.800. The normalized spacial score (nSPS) is 9.89. The minimum absolute atomic E-state index is 0.209. The van der Waals surface area contributed by atoms with Crippen LogP contribution in [0.1, 0.15) is 10.4 Å². The van der Waals surface area contributed by atoms with Crippen molar-refractivity contribution in [1.82, 2.24) is 15.0 Å². The van der Waals surface area contributed by atoms with Gasteiger partial charge in [-0.05, 0) is 6.07 Å². The maximum absolute atomic E-state index is 12.6. The molecule has 7 heteroatoms. The monoisotopic (exact) mass is 248 g/mol. The number of halogens is 1. The first-order chi connectivity index (χ1) is 8.69. The van der Waals surface area contributed by atoms with Crippen LogP contribution in [0.25, 0.3) is 0 Å². The van der Waals surface area contributed by atoms with Crippen LogP contribution >= 0.6 is 0 Å². The highest BCUT2D eigenvalue weighted by molar-refractivity contribution is 5.90. The molecule has 2 aromatic heterocycles. The van der Waals surface area contributed by atoms with Crippen LogP contribution in [0.15, 0.2) is 30.9 Å². The van der Waals surface area contributed by atoms with Crippen molar-refractivity contribution in [3.63, 3.8) is 0 Å². The smallest absolute Gasteiger partial charge is 0.339 e. The Labute approximate surface area is 102 Å². The molecule has 0 amide bonds. The molecular formula is C11H9FN4O2. The number of pyridine rings is 1. The van der Waals surface area contributed by atoms with E-state index in [-0.39, 0.29) is 5.95 Å². The second kappa shape index (κ2) is 5.17. The molecule has 0 bridgehead atoms. The van der Waals surface area contributed by atoms with Crippen molar-refractivity contribution in [2.75, 3.05) is 12.4 Å². The molecule has 18 heavy (non-hydrogen) atoms. The van der Waals surface area contributed by atoms with Gasteiger partial charge in [0.15, 0.2) is 5.82 Å². The van der Waals surface area contributed by atoms with Crippen molar-refractivity contribution in [2.24, 2.45) is 0 Å². The fourth-order valence-corrected chi connectivity index (χ4v) is 1.24. The second-order valence-electron chi connectivity index (χ2n) is 3.30. The predicted molar refractivity (Wildman–Crippen MR) is 60.8 cm³/mol. The van der Waals surface area contributed by atoms with Gasteiger partial charge in [0.1, 0.15) is 0 Å². The summed E-state index contributed by atoms with van der Waals surface area (Å²) in [5, 5.41) is 2.79. The first kappa shape index (κ1) is 11.9. The first-order valence-electron chi connectivity index (χ1n) is 4.97. The average molecular weight is 248 g/mol. The Kier molecular flexibility index (Phi) is 3.42. The molecular weight excluding hydrogens is 239 g/mol. The van der Waals surface area contributed by atoms with E-state index in [4.69, 9.17) is 0 Å². The summed E-state index contributed by atoms with van der Waals surface area (Å²) in [6.45, 7) is 0. The van der Waals surface area contributed by atoms with Crippen molar-refractivity contribution in [3.05, 3.63) is 42.2 Å². The van der Waals surface area contributed by atoms with Crippen molar-refractivity contribution in [1.29, 1.82) is 0 Å². The summed E-state index contributed by atoms with van der Waals surface area (Å²) in [6.07, 6.45) is 4.93. The van der Waals surface area contributed by atoms with E-state index in [1.165, 1.54) is 25.6 Å². The maximum Gasteiger partial charge on any atom is 0.339 e. The molecule has 0 aliphatic carbocycles. The van der Waals surface area contributed by atoms with E-state index >= 15 is 0 Å². The minimum atomic E-state index is -0.526. The molecule has 0 saturated heterocycles. The summed E-state index contributed by atoms with van der Waals surface area (Å²) >= 11 is 0. The fourth-order valence-electron chi connectivity index (χ4n) is 1.24. The van der Waals surface area contributed by atoms with E-state index in [2.05, 4.69) is 25.0 Å².